The fourth-order valence-corrected chi connectivity index (χ4v) is 3.73. The quantitative estimate of drug-likeness (QED) is 0.745. The second kappa shape index (κ2) is 4.60. The van der Waals surface area contributed by atoms with E-state index in [2.05, 4.69) is 14.8 Å². The molecule has 4 heterocycles. The number of aromatic nitrogens is 1. The molecule has 0 radical (unpaired) electrons. The van der Waals surface area contributed by atoms with Crippen molar-refractivity contribution in [3.63, 3.8) is 0 Å². The van der Waals surface area contributed by atoms with Crippen molar-refractivity contribution >= 4 is 17.3 Å². The van der Waals surface area contributed by atoms with Gasteiger partial charge in [0.1, 0.15) is 5.01 Å². The Morgan fingerprint density at radius 2 is 2.11 bits per heavy atom. The highest BCUT2D eigenvalue weighted by atomic mass is 32.1. The number of methoxy groups -OCH3 is 1. The van der Waals surface area contributed by atoms with Gasteiger partial charge in [0.2, 0.25) is 0 Å². The summed E-state index contributed by atoms with van der Waals surface area (Å²) in [5.41, 5.74) is 0.482. The minimum atomic E-state index is -0.328. The van der Waals surface area contributed by atoms with E-state index in [0.29, 0.717) is 11.7 Å². The first-order valence-electron chi connectivity index (χ1n) is 6.21. The Bertz CT molecular complexity index is 466. The number of ether oxygens (including phenoxy) is 1. The molecule has 18 heavy (non-hydrogen) atoms. The molecule has 3 aliphatic rings. The van der Waals surface area contributed by atoms with E-state index < -0.39 is 0 Å². The minimum Gasteiger partial charge on any atom is -0.464 e. The number of rotatable bonds is 2. The van der Waals surface area contributed by atoms with Crippen LogP contribution in [0.25, 0.3) is 0 Å². The van der Waals surface area contributed by atoms with Crippen LogP contribution in [0.2, 0.25) is 0 Å². The van der Waals surface area contributed by atoms with Crippen LogP contribution in [0.5, 0.6) is 0 Å². The minimum absolute atomic E-state index is 0.328. The molecule has 0 saturated carbocycles. The summed E-state index contributed by atoms with van der Waals surface area (Å²) in [7, 11) is 1.40. The van der Waals surface area contributed by atoms with Gasteiger partial charge in [-0.05, 0) is 6.92 Å². The van der Waals surface area contributed by atoms with Crippen molar-refractivity contribution in [1.29, 1.82) is 0 Å². The molecule has 1 aromatic rings. The van der Waals surface area contributed by atoms with E-state index in [1.54, 1.807) is 11.3 Å². The van der Waals surface area contributed by atoms with Crippen LogP contribution in [0.15, 0.2) is 0 Å². The summed E-state index contributed by atoms with van der Waals surface area (Å²) in [6, 6.07) is 0.356. The first-order valence-corrected chi connectivity index (χ1v) is 7.02. The average molecular weight is 267 g/mol. The summed E-state index contributed by atoms with van der Waals surface area (Å²) in [5.74, 6) is -0.328. The molecule has 0 N–H and O–H groups in total. The molecule has 3 fully saturated rings. The van der Waals surface area contributed by atoms with Crippen molar-refractivity contribution in [1.82, 2.24) is 14.8 Å². The number of aryl methyl sites for hydroxylation is 1. The second-order valence-corrected chi connectivity index (χ2v) is 6.04. The van der Waals surface area contributed by atoms with E-state index in [9.17, 15) is 4.79 Å². The van der Waals surface area contributed by atoms with Crippen LogP contribution in [0, 0.1) is 6.92 Å². The molecule has 0 aromatic carbocycles. The van der Waals surface area contributed by atoms with Gasteiger partial charge in [0.15, 0.2) is 5.69 Å². The summed E-state index contributed by atoms with van der Waals surface area (Å²) in [5, 5.41) is 1.05. The maximum Gasteiger partial charge on any atom is 0.357 e. The monoisotopic (exact) mass is 267 g/mol. The molecule has 98 valence electrons. The Morgan fingerprint density at radius 1 is 1.39 bits per heavy atom. The number of carbonyl (C=O) groups is 1. The highest BCUT2D eigenvalue weighted by molar-refractivity contribution is 7.12. The molecule has 1 atom stereocenters. The fourth-order valence-electron chi connectivity index (χ4n) is 2.70. The number of hydrogen-bond acceptors (Lipinski definition) is 6. The molecule has 6 heteroatoms. The number of thiazole rings is 1. The molecular weight excluding hydrogens is 250 g/mol. The standard InChI is InChI=1S/C12H17N3O2S/c1-8-10(12(16)17-2)13-11(18-8)9-7-14-3-5-15(9)6-4-14/h9H,3-7H2,1-2H3. The molecule has 3 saturated heterocycles. The molecule has 1 aromatic heterocycles. The largest absolute Gasteiger partial charge is 0.464 e. The first kappa shape index (κ1) is 12.1. The molecule has 0 aliphatic carbocycles. The summed E-state index contributed by atoms with van der Waals surface area (Å²) in [4.78, 5) is 22.0. The lowest BCUT2D eigenvalue weighted by Crippen LogP contribution is -2.56. The SMILES string of the molecule is COC(=O)c1nc(C2CN3CCN2CC3)sc1C. The van der Waals surface area contributed by atoms with Crippen molar-refractivity contribution in [3.8, 4) is 0 Å². The van der Waals surface area contributed by atoms with Gasteiger partial charge in [-0.3, -0.25) is 9.80 Å². The molecular formula is C12H17N3O2S. The zero-order valence-electron chi connectivity index (χ0n) is 10.7. The smallest absolute Gasteiger partial charge is 0.357 e. The zero-order chi connectivity index (χ0) is 12.7. The van der Waals surface area contributed by atoms with Crippen LogP contribution in [0.4, 0.5) is 0 Å². The normalized spacial score (nSPS) is 30.4. The van der Waals surface area contributed by atoms with Gasteiger partial charge in [-0.1, -0.05) is 0 Å². The summed E-state index contributed by atoms with van der Waals surface area (Å²) >= 11 is 1.62. The highest BCUT2D eigenvalue weighted by Gasteiger charge is 2.35. The van der Waals surface area contributed by atoms with Crippen molar-refractivity contribution in [2.45, 2.75) is 13.0 Å². The maximum absolute atomic E-state index is 11.6. The molecule has 3 aliphatic heterocycles. The highest BCUT2D eigenvalue weighted by Crippen LogP contribution is 2.32. The fraction of sp³-hybridized carbons (Fsp3) is 0.667. The second-order valence-electron chi connectivity index (χ2n) is 4.80. The van der Waals surface area contributed by atoms with Gasteiger partial charge < -0.3 is 4.74 Å². The number of carbonyl (C=O) groups excluding carboxylic acids is 1. The van der Waals surface area contributed by atoms with Crippen LogP contribution >= 0.6 is 11.3 Å². The van der Waals surface area contributed by atoms with Crippen molar-refractivity contribution in [2.24, 2.45) is 0 Å². The van der Waals surface area contributed by atoms with E-state index in [0.717, 1.165) is 42.6 Å². The Balaban J connectivity index is 1.87. The zero-order valence-corrected chi connectivity index (χ0v) is 11.5. The molecule has 4 rings (SSSR count). The van der Waals surface area contributed by atoms with E-state index in [1.807, 2.05) is 6.92 Å². The Kier molecular flexibility index (Phi) is 3.09. The van der Waals surface area contributed by atoms with Gasteiger partial charge in [0.25, 0.3) is 0 Å². The topological polar surface area (TPSA) is 45.7 Å². The van der Waals surface area contributed by atoms with Crippen LogP contribution in [-0.4, -0.2) is 60.6 Å². The lowest BCUT2D eigenvalue weighted by atomic mass is 10.1. The third-order valence-electron chi connectivity index (χ3n) is 3.76. The lowest BCUT2D eigenvalue weighted by Gasteiger charge is -2.46. The molecule has 5 nitrogen and oxygen atoms in total. The van der Waals surface area contributed by atoms with Gasteiger partial charge in [-0.25, -0.2) is 9.78 Å². The predicted octanol–water partition coefficient (Wildman–Crippen LogP) is 0.910. The third-order valence-corrected chi connectivity index (χ3v) is 4.83. The Labute approximate surface area is 110 Å². The van der Waals surface area contributed by atoms with Crippen LogP contribution in [-0.2, 0) is 4.74 Å². The number of hydrogen-bond donors (Lipinski definition) is 0. The van der Waals surface area contributed by atoms with Gasteiger partial charge in [0, 0.05) is 37.6 Å². The number of piperazine rings is 3. The van der Waals surface area contributed by atoms with Crippen LogP contribution in [0.3, 0.4) is 0 Å². The van der Waals surface area contributed by atoms with Gasteiger partial charge in [-0.2, -0.15) is 0 Å². The van der Waals surface area contributed by atoms with E-state index >= 15 is 0 Å². The average Bonchev–Trinajstić information content (AvgIpc) is 2.81. The Morgan fingerprint density at radius 3 is 2.67 bits per heavy atom. The van der Waals surface area contributed by atoms with Gasteiger partial charge in [-0.15, -0.1) is 11.3 Å². The molecule has 0 amide bonds. The predicted molar refractivity (Wildman–Crippen MR) is 68.9 cm³/mol. The Hall–Kier alpha value is -0.980. The van der Waals surface area contributed by atoms with Crippen molar-refractivity contribution < 1.29 is 9.53 Å². The molecule has 1 unspecified atom stereocenters. The van der Waals surface area contributed by atoms with Crippen molar-refractivity contribution in [3.05, 3.63) is 15.6 Å². The lowest BCUT2D eigenvalue weighted by molar-refractivity contribution is 0.0121. The van der Waals surface area contributed by atoms with E-state index in [-0.39, 0.29) is 5.97 Å². The first-order chi connectivity index (χ1) is 8.69. The summed E-state index contributed by atoms with van der Waals surface area (Å²) < 4.78 is 4.76. The molecule has 0 spiro atoms. The van der Waals surface area contributed by atoms with Gasteiger partial charge >= 0.3 is 5.97 Å². The maximum atomic E-state index is 11.6. The summed E-state index contributed by atoms with van der Waals surface area (Å²) in [6.07, 6.45) is 0. The van der Waals surface area contributed by atoms with Crippen LogP contribution < -0.4 is 0 Å². The van der Waals surface area contributed by atoms with Gasteiger partial charge in [0.05, 0.1) is 13.2 Å². The van der Waals surface area contributed by atoms with Crippen LogP contribution in [0.1, 0.15) is 26.4 Å². The van der Waals surface area contributed by atoms with Crippen molar-refractivity contribution in [2.75, 3.05) is 39.8 Å². The summed E-state index contributed by atoms with van der Waals surface area (Å²) in [6.45, 7) is 7.50. The number of nitrogens with zero attached hydrogens (tertiary/aromatic N) is 3. The van der Waals surface area contributed by atoms with E-state index in [4.69, 9.17) is 4.74 Å². The number of fused-ring (bicyclic) bond motifs is 3. The molecule has 2 bridgehead atoms. The third kappa shape index (κ3) is 1.94. The van der Waals surface area contributed by atoms with E-state index in [1.165, 1.54) is 7.11 Å². The number of esters is 1.